The standard InChI is InChI=1S/C6H6O8S2.2Na.H2O/c7-3-1-2-4(8)6(16(12,13)14)5(3)15(9,10)11;;;/h1-2,7-8H,(H,9,10,11)(H,12,13,14);;;1H2/q;2*+1;/p-2. The Labute approximate surface area is 153 Å². The van der Waals surface area contributed by atoms with Crippen molar-refractivity contribution >= 4 is 20.2 Å². The molecule has 0 aliphatic rings. The summed E-state index contributed by atoms with van der Waals surface area (Å²) in [4.78, 5) is -3.30. The van der Waals surface area contributed by atoms with Gasteiger partial charge in [-0.25, -0.2) is 16.8 Å². The minimum Gasteiger partial charge on any atom is -0.744 e. The van der Waals surface area contributed by atoms with Crippen molar-refractivity contribution in [2.24, 2.45) is 0 Å². The maximum absolute atomic E-state index is 10.6. The van der Waals surface area contributed by atoms with Crippen LogP contribution in [0.2, 0.25) is 0 Å². The van der Waals surface area contributed by atoms with Crippen LogP contribution < -0.4 is 59.1 Å². The molecule has 0 aromatic heterocycles. The van der Waals surface area contributed by atoms with E-state index in [1.807, 2.05) is 0 Å². The molecule has 0 atom stereocenters. The molecule has 0 saturated carbocycles. The molecule has 0 heterocycles. The Morgan fingerprint density at radius 2 is 1.00 bits per heavy atom. The van der Waals surface area contributed by atoms with Gasteiger partial charge in [0.25, 0.3) is 0 Å². The summed E-state index contributed by atoms with van der Waals surface area (Å²) in [5.74, 6) is -2.44. The van der Waals surface area contributed by atoms with E-state index in [-0.39, 0.29) is 64.6 Å². The summed E-state index contributed by atoms with van der Waals surface area (Å²) in [5.41, 5.74) is 0. The van der Waals surface area contributed by atoms with E-state index < -0.39 is 41.5 Å². The monoisotopic (exact) mass is 332 g/mol. The van der Waals surface area contributed by atoms with Crippen molar-refractivity contribution < 1.29 is 101 Å². The molecule has 0 aliphatic carbocycles. The third kappa shape index (κ3) is 5.85. The Morgan fingerprint density at radius 1 is 0.789 bits per heavy atom. The third-order valence-electron chi connectivity index (χ3n) is 1.57. The molecule has 0 amide bonds. The summed E-state index contributed by atoms with van der Waals surface area (Å²) in [6.45, 7) is 0. The average Bonchev–Trinajstić information content (AvgIpc) is 2.04. The van der Waals surface area contributed by atoms with Crippen molar-refractivity contribution in [2.45, 2.75) is 9.79 Å². The van der Waals surface area contributed by atoms with Crippen LogP contribution in [0.1, 0.15) is 0 Å². The van der Waals surface area contributed by atoms with E-state index in [0.29, 0.717) is 12.1 Å². The number of rotatable bonds is 2. The first-order valence-electron chi connectivity index (χ1n) is 3.52. The minimum atomic E-state index is -5.41. The van der Waals surface area contributed by atoms with Crippen LogP contribution in [-0.4, -0.2) is 41.6 Å². The van der Waals surface area contributed by atoms with Crippen molar-refractivity contribution in [1.82, 2.24) is 0 Å². The fourth-order valence-corrected chi connectivity index (χ4v) is 2.95. The van der Waals surface area contributed by atoms with Crippen molar-refractivity contribution in [3.63, 3.8) is 0 Å². The van der Waals surface area contributed by atoms with Gasteiger partial charge in [-0.1, -0.05) is 0 Å². The van der Waals surface area contributed by atoms with Crippen molar-refractivity contribution in [2.75, 3.05) is 0 Å². The second-order valence-electron chi connectivity index (χ2n) is 2.67. The first kappa shape index (κ1) is 24.6. The van der Waals surface area contributed by atoms with Gasteiger partial charge >= 0.3 is 59.1 Å². The summed E-state index contributed by atoms with van der Waals surface area (Å²) >= 11 is 0. The van der Waals surface area contributed by atoms with E-state index in [9.17, 15) is 25.9 Å². The quantitative estimate of drug-likeness (QED) is 0.303. The molecule has 0 fully saturated rings. The predicted molar refractivity (Wildman–Crippen MR) is 49.3 cm³/mol. The summed E-state index contributed by atoms with van der Waals surface area (Å²) < 4.78 is 63.9. The Hall–Kier alpha value is 0.600. The first-order chi connectivity index (χ1) is 7.05. The maximum Gasteiger partial charge on any atom is 1.00 e. The molecule has 0 bridgehead atoms. The fourth-order valence-electron chi connectivity index (χ4n) is 1.03. The van der Waals surface area contributed by atoms with Crippen LogP contribution in [0.25, 0.3) is 0 Å². The summed E-state index contributed by atoms with van der Waals surface area (Å²) in [7, 11) is -10.8. The van der Waals surface area contributed by atoms with Crippen LogP contribution in [0, 0.1) is 0 Å². The number of hydrogen-bond donors (Lipinski definition) is 2. The Balaban J connectivity index is -0.000000853. The van der Waals surface area contributed by atoms with E-state index in [2.05, 4.69) is 0 Å². The molecule has 0 aliphatic heterocycles. The fraction of sp³-hybridized carbons (Fsp3) is 0. The molecular formula is C6H6Na2O9S2. The maximum atomic E-state index is 10.6. The van der Waals surface area contributed by atoms with Crippen molar-refractivity contribution in [1.29, 1.82) is 0 Å². The number of phenols is 2. The van der Waals surface area contributed by atoms with Gasteiger partial charge in [0.1, 0.15) is 41.5 Å². The third-order valence-corrected chi connectivity index (χ3v) is 3.53. The van der Waals surface area contributed by atoms with E-state index in [4.69, 9.17) is 10.2 Å². The van der Waals surface area contributed by atoms with Gasteiger partial charge in [-0.15, -0.1) is 0 Å². The zero-order valence-corrected chi connectivity index (χ0v) is 15.4. The largest absolute Gasteiger partial charge is 1.00 e. The Morgan fingerprint density at radius 3 is 1.16 bits per heavy atom. The SMILES string of the molecule is O.O=S(=O)([O-])c1c(O)ccc(O)c1S(=O)(=O)[O-].[Na+].[Na+]. The molecule has 0 radical (unpaired) electrons. The van der Waals surface area contributed by atoms with Gasteiger partial charge < -0.3 is 24.8 Å². The molecule has 4 N–H and O–H groups in total. The molecule has 1 rings (SSSR count). The number of phenolic OH excluding ortho intramolecular Hbond substituents is 2. The van der Waals surface area contributed by atoms with Crippen LogP contribution in [0.3, 0.4) is 0 Å². The molecule has 19 heavy (non-hydrogen) atoms. The minimum absolute atomic E-state index is 0. The molecule has 0 spiro atoms. The van der Waals surface area contributed by atoms with Crippen LogP contribution in [0.4, 0.5) is 0 Å². The summed E-state index contributed by atoms with van der Waals surface area (Å²) in [6, 6.07) is 1.16. The number of hydrogen-bond acceptors (Lipinski definition) is 8. The number of benzene rings is 1. The van der Waals surface area contributed by atoms with Gasteiger partial charge in [-0.2, -0.15) is 0 Å². The molecule has 98 valence electrons. The van der Waals surface area contributed by atoms with E-state index in [1.54, 1.807) is 0 Å². The van der Waals surface area contributed by atoms with Crippen LogP contribution >= 0.6 is 0 Å². The zero-order valence-electron chi connectivity index (χ0n) is 9.82. The van der Waals surface area contributed by atoms with E-state index >= 15 is 0 Å². The van der Waals surface area contributed by atoms with E-state index in [0.717, 1.165) is 0 Å². The number of aromatic hydroxyl groups is 2. The second-order valence-corrected chi connectivity index (χ2v) is 5.30. The van der Waals surface area contributed by atoms with Gasteiger partial charge in [-0.05, 0) is 12.1 Å². The van der Waals surface area contributed by atoms with Gasteiger partial charge in [-0.3, -0.25) is 0 Å². The predicted octanol–water partition coefficient (Wildman–Crippen LogP) is -7.91. The molecular weight excluding hydrogens is 326 g/mol. The summed E-state index contributed by atoms with van der Waals surface area (Å²) in [5, 5.41) is 18.0. The van der Waals surface area contributed by atoms with Crippen LogP contribution in [0.15, 0.2) is 21.9 Å². The molecule has 13 heteroatoms. The normalized spacial score (nSPS) is 10.6. The Bertz CT molecular complexity index is 580. The van der Waals surface area contributed by atoms with Crippen LogP contribution in [0.5, 0.6) is 11.5 Å². The van der Waals surface area contributed by atoms with Gasteiger partial charge in [0.15, 0.2) is 0 Å². The second kappa shape index (κ2) is 8.14. The first-order valence-corrected chi connectivity index (χ1v) is 6.33. The zero-order chi connectivity index (χ0) is 12.7. The van der Waals surface area contributed by atoms with Gasteiger partial charge in [0.2, 0.25) is 0 Å². The average molecular weight is 332 g/mol. The molecule has 1 aromatic rings. The summed E-state index contributed by atoms with van der Waals surface area (Å²) in [6.07, 6.45) is 0. The topological polar surface area (TPSA) is 186 Å². The molecule has 9 nitrogen and oxygen atoms in total. The van der Waals surface area contributed by atoms with Crippen molar-refractivity contribution in [3.05, 3.63) is 12.1 Å². The van der Waals surface area contributed by atoms with E-state index in [1.165, 1.54) is 0 Å². The van der Waals surface area contributed by atoms with Gasteiger partial charge in [0, 0.05) is 0 Å². The van der Waals surface area contributed by atoms with Gasteiger partial charge in [0.05, 0.1) is 0 Å². The smallest absolute Gasteiger partial charge is 0.744 e. The Kier molecular flexibility index (Phi) is 10.5. The van der Waals surface area contributed by atoms with Crippen LogP contribution in [-0.2, 0) is 20.2 Å². The molecule has 0 unspecified atom stereocenters. The van der Waals surface area contributed by atoms with Crippen molar-refractivity contribution in [3.8, 4) is 11.5 Å². The molecule has 1 aromatic carbocycles. The molecule has 0 saturated heterocycles.